The van der Waals surface area contributed by atoms with Crippen molar-refractivity contribution in [2.45, 2.75) is 26.8 Å². The molecule has 0 spiro atoms. The van der Waals surface area contributed by atoms with Crippen LogP contribution in [0.5, 0.6) is 0 Å². The zero-order valence-electron chi connectivity index (χ0n) is 17.1. The van der Waals surface area contributed by atoms with Crippen molar-refractivity contribution in [3.63, 3.8) is 0 Å². The molecule has 1 amide bonds. The van der Waals surface area contributed by atoms with Gasteiger partial charge < -0.3 is 14.9 Å². The lowest BCUT2D eigenvalue weighted by Crippen LogP contribution is -2.38. The summed E-state index contributed by atoms with van der Waals surface area (Å²) >= 11 is 0. The lowest BCUT2D eigenvalue weighted by atomic mass is 9.98. The second kappa shape index (κ2) is 9.01. The van der Waals surface area contributed by atoms with Crippen LogP contribution in [0.3, 0.4) is 0 Å². The fourth-order valence-electron chi connectivity index (χ4n) is 3.61. The van der Waals surface area contributed by atoms with E-state index >= 15 is 0 Å². The Hall–Kier alpha value is -2.99. The average molecular weight is 393 g/mol. The molecule has 1 aliphatic rings. The van der Waals surface area contributed by atoms with Crippen molar-refractivity contribution in [2.75, 3.05) is 26.2 Å². The number of aromatic nitrogens is 1. The SMILES string of the molecule is CCN(CC)CCN1C(=O)C(=O)/C(=C(/O)c2ccc(C)cc2)[C@@H]1c1ccccn1. The van der Waals surface area contributed by atoms with E-state index in [2.05, 4.69) is 23.7 Å². The van der Waals surface area contributed by atoms with Gasteiger partial charge >= 0.3 is 0 Å². The summed E-state index contributed by atoms with van der Waals surface area (Å²) in [5.74, 6) is -1.43. The maximum atomic E-state index is 12.9. The van der Waals surface area contributed by atoms with Crippen molar-refractivity contribution in [3.8, 4) is 0 Å². The largest absolute Gasteiger partial charge is 0.507 e. The van der Waals surface area contributed by atoms with Crippen LogP contribution >= 0.6 is 0 Å². The van der Waals surface area contributed by atoms with Gasteiger partial charge in [0, 0.05) is 24.8 Å². The van der Waals surface area contributed by atoms with Crippen LogP contribution in [0.25, 0.3) is 5.76 Å². The minimum atomic E-state index is -0.701. The monoisotopic (exact) mass is 393 g/mol. The van der Waals surface area contributed by atoms with Gasteiger partial charge in [-0.2, -0.15) is 0 Å². The Morgan fingerprint density at radius 2 is 1.79 bits per heavy atom. The lowest BCUT2D eigenvalue weighted by Gasteiger charge is -2.27. The third-order valence-electron chi connectivity index (χ3n) is 5.38. The minimum absolute atomic E-state index is 0.0945. The Bertz CT molecular complexity index is 903. The van der Waals surface area contributed by atoms with Crippen LogP contribution in [0.2, 0.25) is 0 Å². The normalized spacial score (nSPS) is 18.6. The first-order chi connectivity index (χ1) is 14.0. The summed E-state index contributed by atoms with van der Waals surface area (Å²) in [5, 5.41) is 11.0. The molecule has 1 aromatic heterocycles. The van der Waals surface area contributed by atoms with E-state index < -0.39 is 17.7 Å². The predicted octanol–water partition coefficient (Wildman–Crippen LogP) is 3.15. The third kappa shape index (κ3) is 4.22. The molecule has 1 N–H and O–H groups in total. The summed E-state index contributed by atoms with van der Waals surface area (Å²) < 4.78 is 0. The van der Waals surface area contributed by atoms with Gasteiger partial charge in [-0.3, -0.25) is 14.6 Å². The molecule has 3 rings (SSSR count). The van der Waals surface area contributed by atoms with Crippen molar-refractivity contribution in [1.29, 1.82) is 0 Å². The molecular formula is C23H27N3O3. The van der Waals surface area contributed by atoms with Gasteiger partial charge in [-0.25, -0.2) is 0 Å². The summed E-state index contributed by atoms with van der Waals surface area (Å²) in [5.41, 5.74) is 2.22. The number of hydrogen-bond donors (Lipinski definition) is 1. The second-order valence-electron chi connectivity index (χ2n) is 7.14. The molecule has 29 heavy (non-hydrogen) atoms. The molecular weight excluding hydrogens is 366 g/mol. The van der Waals surface area contributed by atoms with Crippen molar-refractivity contribution in [3.05, 3.63) is 71.1 Å². The molecule has 6 nitrogen and oxygen atoms in total. The van der Waals surface area contributed by atoms with E-state index in [-0.39, 0.29) is 11.3 Å². The zero-order chi connectivity index (χ0) is 21.0. The van der Waals surface area contributed by atoms with Gasteiger partial charge in [-0.05, 0) is 32.1 Å². The molecule has 2 aromatic rings. The molecule has 1 atom stereocenters. The van der Waals surface area contributed by atoms with Crippen molar-refractivity contribution in [2.24, 2.45) is 0 Å². The zero-order valence-corrected chi connectivity index (χ0v) is 17.1. The fraction of sp³-hybridized carbons (Fsp3) is 0.348. The maximum absolute atomic E-state index is 12.9. The Kier molecular flexibility index (Phi) is 6.44. The van der Waals surface area contributed by atoms with Crippen LogP contribution in [0.15, 0.2) is 54.2 Å². The smallest absolute Gasteiger partial charge is 0.295 e. The van der Waals surface area contributed by atoms with Gasteiger partial charge in [0.1, 0.15) is 11.8 Å². The Morgan fingerprint density at radius 1 is 1.10 bits per heavy atom. The molecule has 152 valence electrons. The van der Waals surface area contributed by atoms with E-state index in [9.17, 15) is 14.7 Å². The highest BCUT2D eigenvalue weighted by Gasteiger charge is 2.46. The van der Waals surface area contributed by atoms with E-state index in [1.54, 1.807) is 30.5 Å². The highest BCUT2D eigenvalue weighted by Crippen LogP contribution is 2.38. The van der Waals surface area contributed by atoms with E-state index in [1.165, 1.54) is 4.90 Å². The summed E-state index contributed by atoms with van der Waals surface area (Å²) in [7, 11) is 0. The molecule has 2 heterocycles. The van der Waals surface area contributed by atoms with Crippen LogP contribution in [-0.2, 0) is 9.59 Å². The molecule has 0 aliphatic carbocycles. The molecule has 6 heteroatoms. The van der Waals surface area contributed by atoms with Crippen LogP contribution < -0.4 is 0 Å². The number of benzene rings is 1. The van der Waals surface area contributed by atoms with E-state index in [4.69, 9.17) is 0 Å². The van der Waals surface area contributed by atoms with Gasteiger partial charge in [-0.15, -0.1) is 0 Å². The number of carbonyl (C=O) groups is 2. The molecule has 1 aromatic carbocycles. The van der Waals surface area contributed by atoms with Gasteiger partial charge in [-0.1, -0.05) is 49.7 Å². The Morgan fingerprint density at radius 3 is 2.38 bits per heavy atom. The van der Waals surface area contributed by atoms with Gasteiger partial charge in [0.25, 0.3) is 11.7 Å². The number of likely N-dealkylation sites (tertiary alicyclic amines) is 1. The number of aliphatic hydroxyl groups excluding tert-OH is 1. The van der Waals surface area contributed by atoms with Gasteiger partial charge in [0.05, 0.1) is 11.3 Å². The number of rotatable bonds is 7. The predicted molar refractivity (Wildman–Crippen MR) is 112 cm³/mol. The summed E-state index contributed by atoms with van der Waals surface area (Å²) in [4.78, 5) is 33.9. The minimum Gasteiger partial charge on any atom is -0.507 e. The van der Waals surface area contributed by atoms with Crippen LogP contribution in [0, 0.1) is 6.92 Å². The van der Waals surface area contributed by atoms with E-state index in [1.807, 2.05) is 25.1 Å². The first-order valence-corrected chi connectivity index (χ1v) is 9.96. The molecule has 0 bridgehead atoms. The molecule has 0 radical (unpaired) electrons. The standard InChI is InChI=1S/C23H27N3O3/c1-4-25(5-2)14-15-26-20(18-8-6-7-13-24-18)19(22(28)23(26)29)21(27)17-11-9-16(3)10-12-17/h6-13,20,27H,4-5,14-15H2,1-3H3/b21-19+/t20-/m0/s1. The van der Waals surface area contributed by atoms with Crippen LogP contribution in [0.4, 0.5) is 0 Å². The van der Waals surface area contributed by atoms with Crippen LogP contribution in [-0.4, -0.2) is 57.8 Å². The molecule has 0 saturated carbocycles. The Balaban J connectivity index is 2.06. The molecule has 1 fully saturated rings. The number of ketones is 1. The number of likely N-dealkylation sites (N-methyl/N-ethyl adjacent to an activating group) is 1. The first kappa shape index (κ1) is 20.7. The number of nitrogens with zero attached hydrogens (tertiary/aromatic N) is 3. The number of amides is 1. The number of pyridine rings is 1. The first-order valence-electron chi connectivity index (χ1n) is 9.96. The van der Waals surface area contributed by atoms with Crippen molar-refractivity contribution in [1.82, 2.24) is 14.8 Å². The second-order valence-corrected chi connectivity index (χ2v) is 7.14. The number of aliphatic hydroxyl groups is 1. The Labute approximate surface area is 171 Å². The highest BCUT2D eigenvalue weighted by atomic mass is 16.3. The number of aryl methyl sites for hydroxylation is 1. The molecule has 1 aliphatic heterocycles. The van der Waals surface area contributed by atoms with Crippen molar-refractivity contribution >= 4 is 17.4 Å². The van der Waals surface area contributed by atoms with Gasteiger partial charge in [0.2, 0.25) is 0 Å². The summed E-state index contributed by atoms with van der Waals surface area (Å²) in [6.45, 7) is 8.82. The molecule has 1 saturated heterocycles. The number of Topliss-reactive ketones (excluding diaryl/α,β-unsaturated/α-hetero) is 1. The van der Waals surface area contributed by atoms with Gasteiger partial charge in [0.15, 0.2) is 0 Å². The summed E-state index contributed by atoms with van der Waals surface area (Å²) in [6.07, 6.45) is 1.63. The van der Waals surface area contributed by atoms with E-state index in [0.29, 0.717) is 24.3 Å². The average Bonchev–Trinajstić information content (AvgIpc) is 3.00. The molecule has 0 unspecified atom stereocenters. The highest BCUT2D eigenvalue weighted by molar-refractivity contribution is 6.46. The quantitative estimate of drug-likeness (QED) is 0.444. The fourth-order valence-corrected chi connectivity index (χ4v) is 3.61. The van der Waals surface area contributed by atoms with Crippen molar-refractivity contribution < 1.29 is 14.7 Å². The summed E-state index contributed by atoms with van der Waals surface area (Å²) in [6, 6.07) is 11.9. The van der Waals surface area contributed by atoms with Crippen LogP contribution in [0.1, 0.15) is 36.7 Å². The van der Waals surface area contributed by atoms with E-state index in [0.717, 1.165) is 18.7 Å². The topological polar surface area (TPSA) is 73.7 Å². The lowest BCUT2D eigenvalue weighted by molar-refractivity contribution is -0.140. The maximum Gasteiger partial charge on any atom is 0.295 e. The number of carbonyl (C=O) groups excluding carboxylic acids is 2. The number of hydrogen-bond acceptors (Lipinski definition) is 5. The third-order valence-corrected chi connectivity index (χ3v) is 5.38.